The summed E-state index contributed by atoms with van der Waals surface area (Å²) in [5.74, 6) is 0. The summed E-state index contributed by atoms with van der Waals surface area (Å²) in [7, 11) is -2.23. The highest BCUT2D eigenvalue weighted by Gasteiger charge is 2.34. The van der Waals surface area contributed by atoms with Gasteiger partial charge in [0.15, 0.2) is 0 Å². The maximum Gasteiger partial charge on any atom is 0.242 e. The Morgan fingerprint density at radius 3 is 2.63 bits per heavy atom. The van der Waals surface area contributed by atoms with Gasteiger partial charge in [-0.2, -0.15) is 0 Å². The number of nitrogens with one attached hydrogen (secondary N) is 2. The first-order valence-electron chi connectivity index (χ1n) is 6.16. The van der Waals surface area contributed by atoms with Crippen LogP contribution in [0.5, 0.6) is 0 Å². The zero-order valence-electron chi connectivity index (χ0n) is 10.8. The van der Waals surface area contributed by atoms with E-state index >= 15 is 0 Å². The molecule has 1 aliphatic rings. The van der Waals surface area contributed by atoms with Crippen LogP contribution in [-0.4, -0.2) is 32.7 Å². The topological polar surface area (TPSA) is 104 Å². The molecule has 7 heteroatoms. The highest BCUT2D eigenvalue weighted by atomic mass is 32.2. The predicted octanol–water partition coefficient (Wildman–Crippen LogP) is 0.504. The number of aliphatic hydroxyl groups is 1. The van der Waals surface area contributed by atoms with Gasteiger partial charge in [0.2, 0.25) is 10.0 Å². The average molecular weight is 285 g/mol. The van der Waals surface area contributed by atoms with Crippen LogP contribution in [0.1, 0.15) is 19.3 Å². The minimum atomic E-state index is -3.58. The Bertz CT molecular complexity index is 568. The molecule has 1 saturated carbocycles. The number of sulfonamides is 1. The summed E-state index contributed by atoms with van der Waals surface area (Å²) >= 11 is 0. The van der Waals surface area contributed by atoms with Gasteiger partial charge in [0, 0.05) is 12.2 Å². The fourth-order valence-corrected chi connectivity index (χ4v) is 2.98. The third-order valence-corrected chi connectivity index (χ3v) is 4.91. The van der Waals surface area contributed by atoms with Crippen LogP contribution < -0.4 is 15.8 Å². The van der Waals surface area contributed by atoms with Crippen molar-refractivity contribution in [2.75, 3.05) is 24.6 Å². The first kappa shape index (κ1) is 14.1. The standard InChI is InChI=1S/C12H19N3O3S/c1-14-19(17,18)11-7-9(13)3-4-10(11)15-8-12(16)5-2-6-12/h3-4,7,14-16H,2,5-6,8,13H2,1H3. The molecule has 1 aliphatic carbocycles. The Hall–Kier alpha value is -1.31. The Kier molecular flexibility index (Phi) is 3.71. The van der Waals surface area contributed by atoms with Gasteiger partial charge in [-0.15, -0.1) is 0 Å². The summed E-state index contributed by atoms with van der Waals surface area (Å²) in [5.41, 5.74) is 5.73. The first-order valence-corrected chi connectivity index (χ1v) is 7.64. The molecule has 106 valence electrons. The molecule has 0 saturated heterocycles. The van der Waals surface area contributed by atoms with E-state index in [2.05, 4.69) is 10.0 Å². The van der Waals surface area contributed by atoms with Crippen molar-refractivity contribution in [3.63, 3.8) is 0 Å². The zero-order valence-corrected chi connectivity index (χ0v) is 11.6. The number of nitrogen functional groups attached to an aromatic ring is 1. The maximum absolute atomic E-state index is 11.9. The SMILES string of the molecule is CNS(=O)(=O)c1cc(N)ccc1NCC1(O)CCC1. The first-order chi connectivity index (χ1) is 8.86. The normalized spacial score (nSPS) is 17.8. The van der Waals surface area contributed by atoms with E-state index in [1.54, 1.807) is 12.1 Å². The van der Waals surface area contributed by atoms with Crippen LogP contribution in [0.2, 0.25) is 0 Å². The van der Waals surface area contributed by atoms with Crippen LogP contribution >= 0.6 is 0 Å². The number of nitrogens with two attached hydrogens (primary N) is 1. The lowest BCUT2D eigenvalue weighted by Gasteiger charge is -2.37. The van der Waals surface area contributed by atoms with E-state index in [0.717, 1.165) is 19.3 Å². The molecule has 2 rings (SSSR count). The third-order valence-electron chi connectivity index (χ3n) is 3.46. The predicted molar refractivity (Wildman–Crippen MR) is 74.4 cm³/mol. The van der Waals surface area contributed by atoms with Crippen LogP contribution in [0.3, 0.4) is 0 Å². The minimum Gasteiger partial charge on any atom is -0.399 e. The molecule has 0 bridgehead atoms. The Labute approximate surface area is 113 Å². The smallest absolute Gasteiger partial charge is 0.242 e. The number of benzene rings is 1. The minimum absolute atomic E-state index is 0.0953. The summed E-state index contributed by atoms with van der Waals surface area (Å²) in [6, 6.07) is 4.64. The van der Waals surface area contributed by atoms with E-state index in [4.69, 9.17) is 5.73 Å². The van der Waals surface area contributed by atoms with Gasteiger partial charge in [-0.1, -0.05) is 0 Å². The molecule has 5 N–H and O–H groups in total. The van der Waals surface area contributed by atoms with Gasteiger partial charge in [-0.25, -0.2) is 13.1 Å². The van der Waals surface area contributed by atoms with Crippen LogP contribution in [0.4, 0.5) is 11.4 Å². The molecule has 1 fully saturated rings. The van der Waals surface area contributed by atoms with Crippen molar-refractivity contribution in [3.05, 3.63) is 18.2 Å². The van der Waals surface area contributed by atoms with Crippen molar-refractivity contribution in [1.29, 1.82) is 0 Å². The lowest BCUT2D eigenvalue weighted by atomic mass is 9.80. The highest BCUT2D eigenvalue weighted by Crippen LogP contribution is 2.32. The van der Waals surface area contributed by atoms with Gasteiger partial charge in [0.05, 0.1) is 11.3 Å². The summed E-state index contributed by atoms with van der Waals surface area (Å²) < 4.78 is 26.1. The monoisotopic (exact) mass is 285 g/mol. The molecular weight excluding hydrogens is 266 g/mol. The number of hydrogen-bond acceptors (Lipinski definition) is 5. The largest absolute Gasteiger partial charge is 0.399 e. The molecule has 19 heavy (non-hydrogen) atoms. The molecule has 0 unspecified atom stereocenters. The molecule has 0 atom stereocenters. The molecule has 0 radical (unpaired) electrons. The van der Waals surface area contributed by atoms with Crippen molar-refractivity contribution in [1.82, 2.24) is 4.72 Å². The van der Waals surface area contributed by atoms with Gasteiger partial charge in [-0.05, 0) is 44.5 Å². The fourth-order valence-electron chi connectivity index (χ4n) is 2.04. The van der Waals surface area contributed by atoms with Crippen LogP contribution in [0.25, 0.3) is 0 Å². The molecule has 0 aromatic heterocycles. The number of rotatable bonds is 5. The quantitative estimate of drug-likeness (QED) is 0.590. The molecule has 0 aliphatic heterocycles. The zero-order chi connectivity index (χ0) is 14.1. The van der Waals surface area contributed by atoms with Gasteiger partial charge in [-0.3, -0.25) is 0 Å². The average Bonchev–Trinajstić information content (AvgIpc) is 2.35. The summed E-state index contributed by atoms with van der Waals surface area (Å²) in [5, 5.41) is 13.0. The van der Waals surface area contributed by atoms with Crippen LogP contribution in [0.15, 0.2) is 23.1 Å². The Morgan fingerprint density at radius 1 is 1.42 bits per heavy atom. The van der Waals surface area contributed by atoms with E-state index in [1.165, 1.54) is 13.1 Å². The third kappa shape index (κ3) is 2.99. The van der Waals surface area contributed by atoms with Gasteiger partial charge in [0.25, 0.3) is 0 Å². The lowest BCUT2D eigenvalue weighted by Crippen LogP contribution is -2.43. The second kappa shape index (κ2) is 4.99. The van der Waals surface area contributed by atoms with E-state index in [1.807, 2.05) is 0 Å². The summed E-state index contributed by atoms with van der Waals surface area (Å²) in [6.45, 7) is 0.336. The number of anilines is 2. The molecule has 1 aromatic carbocycles. The Morgan fingerprint density at radius 2 is 2.11 bits per heavy atom. The second-order valence-corrected chi connectivity index (χ2v) is 6.75. The van der Waals surface area contributed by atoms with E-state index in [-0.39, 0.29) is 4.90 Å². The van der Waals surface area contributed by atoms with Crippen LogP contribution in [0, 0.1) is 0 Å². The molecule has 0 amide bonds. The summed E-state index contributed by atoms with van der Waals surface area (Å²) in [4.78, 5) is 0.0953. The van der Waals surface area contributed by atoms with E-state index in [9.17, 15) is 13.5 Å². The molecule has 6 nitrogen and oxygen atoms in total. The van der Waals surface area contributed by atoms with E-state index < -0.39 is 15.6 Å². The van der Waals surface area contributed by atoms with Crippen molar-refractivity contribution in [2.24, 2.45) is 0 Å². The number of hydrogen-bond donors (Lipinski definition) is 4. The maximum atomic E-state index is 11.9. The molecule has 1 aromatic rings. The molecule has 0 spiro atoms. The van der Waals surface area contributed by atoms with Crippen molar-refractivity contribution >= 4 is 21.4 Å². The van der Waals surface area contributed by atoms with E-state index in [0.29, 0.717) is 17.9 Å². The second-order valence-electron chi connectivity index (χ2n) is 4.89. The van der Waals surface area contributed by atoms with Crippen molar-refractivity contribution in [2.45, 2.75) is 29.8 Å². The highest BCUT2D eigenvalue weighted by molar-refractivity contribution is 7.89. The van der Waals surface area contributed by atoms with Crippen LogP contribution in [-0.2, 0) is 10.0 Å². The van der Waals surface area contributed by atoms with Gasteiger partial charge in [0.1, 0.15) is 4.90 Å². The lowest BCUT2D eigenvalue weighted by molar-refractivity contribution is -0.0202. The Balaban J connectivity index is 2.24. The van der Waals surface area contributed by atoms with Crippen molar-refractivity contribution < 1.29 is 13.5 Å². The fraction of sp³-hybridized carbons (Fsp3) is 0.500. The van der Waals surface area contributed by atoms with Gasteiger partial charge < -0.3 is 16.2 Å². The molecular formula is C12H19N3O3S. The van der Waals surface area contributed by atoms with Crippen molar-refractivity contribution in [3.8, 4) is 0 Å². The summed E-state index contributed by atoms with van der Waals surface area (Å²) in [6.07, 6.45) is 2.48. The molecule has 0 heterocycles. The van der Waals surface area contributed by atoms with Gasteiger partial charge >= 0.3 is 0 Å².